The third kappa shape index (κ3) is 4.25. The highest BCUT2D eigenvalue weighted by Crippen LogP contribution is 2.44. The van der Waals surface area contributed by atoms with E-state index in [9.17, 15) is 19.5 Å². The van der Waals surface area contributed by atoms with Gasteiger partial charge in [-0.3, -0.25) is 14.9 Å². The van der Waals surface area contributed by atoms with E-state index >= 15 is 0 Å². The summed E-state index contributed by atoms with van der Waals surface area (Å²) in [5, 5.41) is 15.6. The topological polar surface area (TPSA) is 122 Å². The van der Waals surface area contributed by atoms with Gasteiger partial charge in [-0.2, -0.15) is 0 Å². The van der Waals surface area contributed by atoms with Crippen molar-refractivity contribution in [2.45, 2.75) is 31.7 Å². The van der Waals surface area contributed by atoms with E-state index < -0.39 is 29.9 Å². The van der Waals surface area contributed by atoms with E-state index in [0.717, 1.165) is 22.3 Å². The number of likely N-dealkylation sites (tertiary alicyclic amines) is 1. The Bertz CT molecular complexity index is 1240. The number of piperidine rings is 1. The summed E-state index contributed by atoms with van der Waals surface area (Å²) in [5.74, 6) is -2.09. The zero-order valence-corrected chi connectivity index (χ0v) is 19.1. The van der Waals surface area contributed by atoms with Crippen molar-refractivity contribution in [3.8, 4) is 11.1 Å². The molecule has 2 amide bonds. The Hall–Kier alpha value is -4.14. The lowest BCUT2D eigenvalue weighted by Gasteiger charge is -2.36. The van der Waals surface area contributed by atoms with Crippen molar-refractivity contribution in [3.05, 3.63) is 71.4 Å². The molecule has 2 aliphatic rings. The van der Waals surface area contributed by atoms with Crippen LogP contribution < -0.4 is 5.32 Å². The maximum atomic E-state index is 12.9. The van der Waals surface area contributed by atoms with Crippen molar-refractivity contribution in [2.75, 3.05) is 18.5 Å². The fourth-order valence-corrected chi connectivity index (χ4v) is 5.08. The first kappa shape index (κ1) is 22.6. The van der Waals surface area contributed by atoms with E-state index in [0.29, 0.717) is 19.4 Å². The van der Waals surface area contributed by atoms with Crippen molar-refractivity contribution in [2.24, 2.45) is 5.92 Å². The molecule has 2 aromatic carbocycles. The van der Waals surface area contributed by atoms with Crippen LogP contribution in [0.1, 0.15) is 47.3 Å². The number of ether oxygens (including phenoxy) is 1. The summed E-state index contributed by atoms with van der Waals surface area (Å²) in [4.78, 5) is 38.3. The summed E-state index contributed by atoms with van der Waals surface area (Å²) < 4.78 is 10.6. The molecule has 2 N–H and O–H groups in total. The predicted octanol–water partition coefficient (Wildman–Crippen LogP) is 4.36. The summed E-state index contributed by atoms with van der Waals surface area (Å²) in [5.41, 5.74) is 4.46. The Labute approximate surface area is 201 Å². The molecule has 1 aliphatic carbocycles. The number of hydrogen-bond acceptors (Lipinski definition) is 6. The van der Waals surface area contributed by atoms with Gasteiger partial charge in [0.05, 0.1) is 5.92 Å². The summed E-state index contributed by atoms with van der Waals surface area (Å²) in [6.07, 6.45) is 0.392. The first-order chi connectivity index (χ1) is 16.9. The Kier molecular flexibility index (Phi) is 5.98. The number of anilines is 1. The summed E-state index contributed by atoms with van der Waals surface area (Å²) in [7, 11) is 0. The first-order valence-corrected chi connectivity index (χ1v) is 11.6. The minimum atomic E-state index is -0.923. The van der Waals surface area contributed by atoms with Gasteiger partial charge in [-0.05, 0) is 42.0 Å². The third-order valence-electron chi connectivity index (χ3n) is 6.86. The average molecular weight is 476 g/mol. The molecule has 3 aromatic rings. The first-order valence-electron chi connectivity index (χ1n) is 11.6. The van der Waals surface area contributed by atoms with Gasteiger partial charge >= 0.3 is 12.1 Å². The molecule has 0 spiro atoms. The number of benzene rings is 2. The molecule has 1 aromatic heterocycles. The molecule has 1 fully saturated rings. The van der Waals surface area contributed by atoms with Crippen molar-refractivity contribution in [1.29, 1.82) is 0 Å². The quantitative estimate of drug-likeness (QED) is 0.562. The van der Waals surface area contributed by atoms with E-state index in [-0.39, 0.29) is 24.1 Å². The second-order valence-corrected chi connectivity index (χ2v) is 8.85. The molecule has 2 atom stereocenters. The number of nitrogens with one attached hydrogen (secondary N) is 1. The molecule has 9 nitrogen and oxygen atoms in total. The van der Waals surface area contributed by atoms with Crippen molar-refractivity contribution >= 4 is 23.9 Å². The maximum absolute atomic E-state index is 12.9. The monoisotopic (exact) mass is 475 g/mol. The van der Waals surface area contributed by atoms with Gasteiger partial charge in [0.2, 0.25) is 5.88 Å². The zero-order chi connectivity index (χ0) is 24.5. The lowest BCUT2D eigenvalue weighted by atomic mass is 9.90. The van der Waals surface area contributed by atoms with Crippen LogP contribution >= 0.6 is 0 Å². The number of carbonyl (C=O) groups is 3. The minimum absolute atomic E-state index is 0.00293. The van der Waals surface area contributed by atoms with Gasteiger partial charge in [-0.1, -0.05) is 53.7 Å². The van der Waals surface area contributed by atoms with Gasteiger partial charge in [0.15, 0.2) is 5.69 Å². The van der Waals surface area contributed by atoms with Crippen LogP contribution in [0.4, 0.5) is 10.7 Å². The molecule has 2 heterocycles. The van der Waals surface area contributed by atoms with Gasteiger partial charge in [0.25, 0.3) is 5.91 Å². The minimum Gasteiger partial charge on any atom is -0.481 e. The summed E-state index contributed by atoms with van der Waals surface area (Å²) in [6.45, 7) is 2.29. The summed E-state index contributed by atoms with van der Waals surface area (Å²) >= 11 is 0. The molecule has 35 heavy (non-hydrogen) atoms. The van der Waals surface area contributed by atoms with Crippen LogP contribution in [0.25, 0.3) is 11.1 Å². The number of aliphatic carboxylic acids is 1. The molecular weight excluding hydrogens is 450 g/mol. The fourth-order valence-electron chi connectivity index (χ4n) is 5.08. The van der Waals surface area contributed by atoms with E-state index in [1.54, 1.807) is 6.92 Å². The highest BCUT2D eigenvalue weighted by Gasteiger charge is 2.36. The van der Waals surface area contributed by atoms with Crippen molar-refractivity contribution in [1.82, 2.24) is 10.1 Å². The molecule has 1 saturated heterocycles. The van der Waals surface area contributed by atoms with Crippen LogP contribution in [0, 0.1) is 5.92 Å². The maximum Gasteiger partial charge on any atom is 0.414 e. The average Bonchev–Trinajstić information content (AvgIpc) is 3.45. The van der Waals surface area contributed by atoms with Crippen molar-refractivity contribution < 1.29 is 28.8 Å². The Morgan fingerprint density at radius 3 is 2.43 bits per heavy atom. The van der Waals surface area contributed by atoms with Crippen molar-refractivity contribution in [3.63, 3.8) is 0 Å². The van der Waals surface area contributed by atoms with E-state index in [4.69, 9.17) is 9.26 Å². The Morgan fingerprint density at radius 2 is 1.77 bits per heavy atom. The largest absolute Gasteiger partial charge is 0.481 e. The normalized spacial score (nSPS) is 19.1. The number of hydrogen-bond donors (Lipinski definition) is 2. The Balaban J connectivity index is 1.22. The number of rotatable bonds is 5. The lowest BCUT2D eigenvalue weighted by molar-refractivity contribution is -0.145. The van der Waals surface area contributed by atoms with E-state index in [1.807, 2.05) is 36.4 Å². The van der Waals surface area contributed by atoms with Crippen LogP contribution in [0.3, 0.4) is 0 Å². The highest BCUT2D eigenvalue weighted by molar-refractivity contribution is 5.94. The number of fused-ring (bicyclic) bond motifs is 3. The number of carboxylic acids is 1. The standard InChI is InChI=1S/C26H25N3O6/c1-15-16(25(31)32)11-6-12-29(15)24(30)22-13-23(35-28-22)27-26(33)34-14-21-19-9-4-2-7-17(19)18-8-3-5-10-20(18)21/h2-5,7-10,13,15-16,21H,6,11-12,14H2,1H3,(H,27,33)(H,31,32). The third-order valence-corrected chi connectivity index (χ3v) is 6.86. The molecule has 9 heteroatoms. The van der Waals surface area contributed by atoms with Gasteiger partial charge < -0.3 is 19.3 Å². The van der Waals surface area contributed by atoms with Gasteiger partial charge in [-0.15, -0.1) is 0 Å². The number of amides is 2. The second kappa shape index (κ2) is 9.25. The molecule has 0 radical (unpaired) electrons. The van der Waals surface area contributed by atoms with Gasteiger partial charge in [-0.25, -0.2) is 4.79 Å². The molecule has 0 bridgehead atoms. The number of aromatic nitrogens is 1. The zero-order valence-electron chi connectivity index (χ0n) is 19.1. The number of carbonyl (C=O) groups excluding carboxylic acids is 2. The highest BCUT2D eigenvalue weighted by atomic mass is 16.6. The van der Waals surface area contributed by atoms with Crippen LogP contribution in [0.15, 0.2) is 59.1 Å². The molecule has 0 saturated carbocycles. The fraction of sp³-hybridized carbons (Fsp3) is 0.308. The van der Waals surface area contributed by atoms with Gasteiger partial charge in [0.1, 0.15) is 6.61 Å². The van der Waals surface area contributed by atoms with Crippen LogP contribution in [0.5, 0.6) is 0 Å². The Morgan fingerprint density at radius 1 is 1.11 bits per heavy atom. The molecule has 180 valence electrons. The van der Waals surface area contributed by atoms with Gasteiger partial charge in [0, 0.05) is 24.6 Å². The molecule has 1 aliphatic heterocycles. The van der Waals surface area contributed by atoms with Crippen LogP contribution in [-0.4, -0.2) is 52.3 Å². The number of nitrogens with zero attached hydrogens (tertiary/aromatic N) is 2. The molecule has 5 rings (SSSR count). The molecule has 2 unspecified atom stereocenters. The second-order valence-electron chi connectivity index (χ2n) is 8.85. The molecular formula is C26H25N3O6. The van der Waals surface area contributed by atoms with E-state index in [1.165, 1.54) is 11.0 Å². The SMILES string of the molecule is CC1C(C(=O)O)CCCN1C(=O)c1cc(NC(=O)OCC2c3ccccc3-c3ccccc32)on1. The van der Waals surface area contributed by atoms with E-state index in [2.05, 4.69) is 22.6 Å². The lowest BCUT2D eigenvalue weighted by Crippen LogP contribution is -2.49. The smallest absolute Gasteiger partial charge is 0.414 e. The van der Waals surface area contributed by atoms with Crippen LogP contribution in [-0.2, 0) is 9.53 Å². The number of carboxylic acid groups (broad SMARTS) is 1. The predicted molar refractivity (Wildman–Crippen MR) is 126 cm³/mol. The van der Waals surface area contributed by atoms with Crippen LogP contribution in [0.2, 0.25) is 0 Å². The summed E-state index contributed by atoms with van der Waals surface area (Å²) in [6, 6.07) is 16.9.